The zero-order valence-corrected chi connectivity index (χ0v) is 18.2. The summed E-state index contributed by atoms with van der Waals surface area (Å²) in [6, 6.07) is 6.68. The van der Waals surface area contributed by atoms with Crippen molar-refractivity contribution >= 4 is 17.8 Å². The molecule has 0 radical (unpaired) electrons. The lowest BCUT2D eigenvalue weighted by molar-refractivity contribution is -0.147. The third-order valence-electron chi connectivity index (χ3n) is 4.86. The molecule has 0 amide bonds. The highest BCUT2D eigenvalue weighted by molar-refractivity contribution is 6.15. The number of ether oxygens (including phenoxy) is 6. The molecule has 0 fully saturated rings. The van der Waals surface area contributed by atoms with Crippen molar-refractivity contribution in [1.82, 2.24) is 0 Å². The molecule has 0 bridgehead atoms. The first-order valence-electron chi connectivity index (χ1n) is 9.46. The molecule has 0 aromatic heterocycles. The lowest BCUT2D eigenvalue weighted by Crippen LogP contribution is -2.25. The Labute approximate surface area is 180 Å². The van der Waals surface area contributed by atoms with E-state index in [1.807, 2.05) is 0 Å². The summed E-state index contributed by atoms with van der Waals surface area (Å²) in [5.74, 6) is 1.56. The summed E-state index contributed by atoms with van der Waals surface area (Å²) in [6.07, 6.45) is 0.803. The third-order valence-corrected chi connectivity index (χ3v) is 4.86. The summed E-state index contributed by atoms with van der Waals surface area (Å²) >= 11 is 0. The Hall–Kier alpha value is -3.68. The van der Waals surface area contributed by atoms with Crippen molar-refractivity contribution in [2.75, 3.05) is 28.4 Å². The van der Waals surface area contributed by atoms with Crippen LogP contribution in [0.15, 0.2) is 30.0 Å². The van der Waals surface area contributed by atoms with Crippen molar-refractivity contribution in [2.24, 2.45) is 0 Å². The molecule has 1 atom stereocenters. The van der Waals surface area contributed by atoms with E-state index in [1.54, 1.807) is 44.2 Å². The summed E-state index contributed by atoms with van der Waals surface area (Å²) in [4.78, 5) is 24.5. The van der Waals surface area contributed by atoms with Gasteiger partial charge in [-0.15, -0.1) is 0 Å². The fourth-order valence-corrected chi connectivity index (χ4v) is 3.24. The van der Waals surface area contributed by atoms with E-state index in [-0.39, 0.29) is 11.5 Å². The topological polar surface area (TPSA) is 89.5 Å². The lowest BCUT2D eigenvalue weighted by atomic mass is 10.1. The number of fused-ring (bicyclic) bond motifs is 1. The SMILES string of the molecule is COC(=O)C(C)Oc1ccc2c(c1C)O/C(=C\c1cc(OC)c(OC)c(OC)c1)C2=O. The Morgan fingerprint density at radius 2 is 1.65 bits per heavy atom. The van der Waals surface area contributed by atoms with Gasteiger partial charge in [-0.05, 0) is 49.8 Å². The van der Waals surface area contributed by atoms with Crippen LogP contribution in [0.1, 0.15) is 28.4 Å². The van der Waals surface area contributed by atoms with E-state index in [4.69, 9.17) is 23.7 Å². The molecule has 31 heavy (non-hydrogen) atoms. The average molecular weight is 428 g/mol. The first kappa shape index (κ1) is 22.0. The second-order valence-corrected chi connectivity index (χ2v) is 6.75. The van der Waals surface area contributed by atoms with Gasteiger partial charge in [0, 0.05) is 5.56 Å². The standard InChI is InChI=1S/C23H24O8/c1-12-16(30-13(2)23(25)29-6)8-7-15-20(24)17(31-21(12)15)9-14-10-18(26-3)22(28-5)19(11-14)27-4/h7-11,13H,1-6H3/b17-9-. The minimum atomic E-state index is -0.798. The van der Waals surface area contributed by atoms with Crippen LogP contribution in [0.3, 0.4) is 0 Å². The van der Waals surface area contributed by atoms with Crippen LogP contribution in [-0.4, -0.2) is 46.3 Å². The van der Waals surface area contributed by atoms with Gasteiger partial charge in [-0.3, -0.25) is 4.79 Å². The predicted molar refractivity (Wildman–Crippen MR) is 112 cm³/mol. The third kappa shape index (κ3) is 4.14. The molecule has 0 aliphatic carbocycles. The van der Waals surface area contributed by atoms with Crippen LogP contribution in [0.5, 0.6) is 28.7 Å². The predicted octanol–water partition coefficient (Wildman–Crippen LogP) is 3.58. The zero-order chi connectivity index (χ0) is 22.7. The Morgan fingerprint density at radius 3 is 2.19 bits per heavy atom. The molecule has 8 heteroatoms. The number of allylic oxidation sites excluding steroid dienone is 1. The number of rotatable bonds is 7. The quantitative estimate of drug-likeness (QED) is 0.488. The van der Waals surface area contributed by atoms with Crippen molar-refractivity contribution in [3.8, 4) is 28.7 Å². The van der Waals surface area contributed by atoms with Gasteiger partial charge in [0.15, 0.2) is 23.4 Å². The van der Waals surface area contributed by atoms with E-state index in [9.17, 15) is 9.59 Å². The molecule has 1 aliphatic rings. The number of methoxy groups -OCH3 is 4. The smallest absolute Gasteiger partial charge is 0.346 e. The van der Waals surface area contributed by atoms with Crippen LogP contribution in [0, 0.1) is 6.92 Å². The maximum absolute atomic E-state index is 12.9. The molecule has 164 valence electrons. The Balaban J connectivity index is 1.95. The summed E-state index contributed by atoms with van der Waals surface area (Å²) < 4.78 is 32.3. The van der Waals surface area contributed by atoms with Gasteiger partial charge in [-0.1, -0.05) is 0 Å². The average Bonchev–Trinajstić information content (AvgIpc) is 3.10. The fraction of sp³-hybridized carbons (Fsp3) is 0.304. The molecule has 1 heterocycles. The molecule has 3 rings (SSSR count). The van der Waals surface area contributed by atoms with Crippen LogP contribution >= 0.6 is 0 Å². The van der Waals surface area contributed by atoms with Gasteiger partial charge in [0.2, 0.25) is 11.5 Å². The van der Waals surface area contributed by atoms with Gasteiger partial charge in [0.25, 0.3) is 0 Å². The first-order chi connectivity index (χ1) is 14.8. The summed E-state index contributed by atoms with van der Waals surface area (Å²) in [6.45, 7) is 3.34. The van der Waals surface area contributed by atoms with Gasteiger partial charge >= 0.3 is 5.97 Å². The molecule has 0 saturated heterocycles. The lowest BCUT2D eigenvalue weighted by Gasteiger charge is -2.15. The summed E-state index contributed by atoms with van der Waals surface area (Å²) in [7, 11) is 5.84. The van der Waals surface area contributed by atoms with E-state index in [2.05, 4.69) is 4.74 Å². The molecule has 2 aromatic carbocycles. The minimum absolute atomic E-state index is 0.144. The monoisotopic (exact) mass is 428 g/mol. The highest BCUT2D eigenvalue weighted by atomic mass is 16.6. The normalized spacial score (nSPS) is 14.5. The Morgan fingerprint density at radius 1 is 1.00 bits per heavy atom. The molecule has 1 aliphatic heterocycles. The number of esters is 1. The molecule has 0 N–H and O–H groups in total. The number of hydrogen-bond donors (Lipinski definition) is 0. The van der Waals surface area contributed by atoms with Gasteiger partial charge in [-0.25, -0.2) is 4.79 Å². The minimum Gasteiger partial charge on any atom is -0.493 e. The van der Waals surface area contributed by atoms with Crippen molar-refractivity contribution < 1.29 is 38.0 Å². The van der Waals surface area contributed by atoms with Crippen LogP contribution in [0.4, 0.5) is 0 Å². The number of Topliss-reactive ketones (excluding diaryl/α,β-unsaturated/α-hetero) is 1. The highest BCUT2D eigenvalue weighted by Crippen LogP contribution is 2.42. The van der Waals surface area contributed by atoms with E-state index in [0.29, 0.717) is 45.4 Å². The van der Waals surface area contributed by atoms with Gasteiger partial charge in [0.1, 0.15) is 11.5 Å². The zero-order valence-electron chi connectivity index (χ0n) is 18.2. The largest absolute Gasteiger partial charge is 0.493 e. The van der Waals surface area contributed by atoms with Crippen LogP contribution in [0.25, 0.3) is 6.08 Å². The summed E-state index contributed by atoms with van der Waals surface area (Å²) in [5, 5.41) is 0. The first-order valence-corrected chi connectivity index (χ1v) is 9.46. The number of benzene rings is 2. The van der Waals surface area contributed by atoms with Crippen molar-refractivity contribution in [2.45, 2.75) is 20.0 Å². The Kier molecular flexibility index (Phi) is 6.39. The van der Waals surface area contributed by atoms with E-state index in [1.165, 1.54) is 28.4 Å². The maximum Gasteiger partial charge on any atom is 0.346 e. The van der Waals surface area contributed by atoms with Crippen molar-refractivity contribution in [3.63, 3.8) is 0 Å². The van der Waals surface area contributed by atoms with Crippen molar-refractivity contribution in [1.29, 1.82) is 0 Å². The second-order valence-electron chi connectivity index (χ2n) is 6.75. The molecule has 8 nitrogen and oxygen atoms in total. The fourth-order valence-electron chi connectivity index (χ4n) is 3.24. The molecule has 1 unspecified atom stereocenters. The number of carbonyl (C=O) groups is 2. The molecule has 0 saturated carbocycles. The maximum atomic E-state index is 12.9. The van der Waals surface area contributed by atoms with E-state index < -0.39 is 12.1 Å². The number of ketones is 1. The Bertz CT molecular complexity index is 1030. The van der Waals surface area contributed by atoms with Gasteiger partial charge in [-0.2, -0.15) is 0 Å². The van der Waals surface area contributed by atoms with Crippen LogP contribution in [-0.2, 0) is 9.53 Å². The van der Waals surface area contributed by atoms with Crippen LogP contribution in [0.2, 0.25) is 0 Å². The molecular weight excluding hydrogens is 404 g/mol. The van der Waals surface area contributed by atoms with Gasteiger partial charge < -0.3 is 28.4 Å². The number of carbonyl (C=O) groups excluding carboxylic acids is 2. The number of hydrogen-bond acceptors (Lipinski definition) is 8. The molecular formula is C23H24O8. The van der Waals surface area contributed by atoms with Crippen molar-refractivity contribution in [3.05, 3.63) is 46.7 Å². The summed E-state index contributed by atoms with van der Waals surface area (Å²) in [5.41, 5.74) is 1.66. The second kappa shape index (κ2) is 8.99. The highest BCUT2D eigenvalue weighted by Gasteiger charge is 2.31. The van der Waals surface area contributed by atoms with E-state index >= 15 is 0 Å². The van der Waals surface area contributed by atoms with E-state index in [0.717, 1.165) is 0 Å². The molecule has 0 spiro atoms. The van der Waals surface area contributed by atoms with Crippen LogP contribution < -0.4 is 23.7 Å². The molecule has 2 aromatic rings. The van der Waals surface area contributed by atoms with Gasteiger partial charge in [0.05, 0.1) is 34.0 Å².